The Labute approximate surface area is 109 Å². The van der Waals surface area contributed by atoms with Gasteiger partial charge in [-0.25, -0.2) is 0 Å². The van der Waals surface area contributed by atoms with Gasteiger partial charge in [0.25, 0.3) is 0 Å². The van der Waals surface area contributed by atoms with Crippen LogP contribution in [0.25, 0.3) is 0 Å². The van der Waals surface area contributed by atoms with Crippen LogP contribution >= 0.6 is 0 Å². The van der Waals surface area contributed by atoms with Crippen LogP contribution in [0.4, 0.5) is 0 Å². The summed E-state index contributed by atoms with van der Waals surface area (Å²) >= 11 is 0. The van der Waals surface area contributed by atoms with Gasteiger partial charge in [0.15, 0.2) is 0 Å². The first-order chi connectivity index (χ1) is 8.62. The van der Waals surface area contributed by atoms with Crippen LogP contribution in [0, 0.1) is 5.92 Å². The fourth-order valence-corrected chi connectivity index (χ4v) is 3.30. The van der Waals surface area contributed by atoms with Crippen LogP contribution in [0.15, 0.2) is 0 Å². The molecule has 2 atom stereocenters. The molecule has 0 aromatic rings. The Kier molecular flexibility index (Phi) is 3.10. The summed E-state index contributed by atoms with van der Waals surface area (Å²) in [5.41, 5.74) is -0.184. The molecule has 2 heterocycles. The van der Waals surface area contributed by atoms with Gasteiger partial charge in [0.1, 0.15) is 0 Å². The number of nitrogens with zero attached hydrogens (tertiary/aromatic N) is 1. The standard InChI is InChI=1S/C14H24N2O2/c1-10(2)8-12-15-14(5-6-14)13(17)16(12)11-4-3-7-18-9-11/h10-12,15H,3-9H2,1-2H3. The van der Waals surface area contributed by atoms with E-state index in [1.807, 2.05) is 0 Å². The molecule has 0 aromatic carbocycles. The molecule has 3 rings (SSSR count). The highest BCUT2D eigenvalue weighted by Crippen LogP contribution is 2.44. The number of hydrogen-bond donors (Lipinski definition) is 1. The Morgan fingerprint density at radius 2 is 2.28 bits per heavy atom. The number of carbonyl (C=O) groups is 1. The zero-order valence-electron chi connectivity index (χ0n) is 11.4. The van der Waals surface area contributed by atoms with E-state index in [0.717, 1.165) is 45.3 Å². The first-order valence-corrected chi connectivity index (χ1v) is 7.30. The van der Waals surface area contributed by atoms with E-state index in [9.17, 15) is 4.79 Å². The van der Waals surface area contributed by atoms with E-state index in [2.05, 4.69) is 24.1 Å². The van der Waals surface area contributed by atoms with Crippen LogP contribution in [-0.4, -0.2) is 41.8 Å². The van der Waals surface area contributed by atoms with Crippen molar-refractivity contribution in [2.75, 3.05) is 13.2 Å². The highest BCUT2D eigenvalue weighted by Gasteiger charge is 2.60. The zero-order chi connectivity index (χ0) is 12.8. The average molecular weight is 252 g/mol. The van der Waals surface area contributed by atoms with Crippen molar-refractivity contribution in [3.63, 3.8) is 0 Å². The Balaban J connectivity index is 1.76. The maximum atomic E-state index is 12.6. The number of ether oxygens (including phenoxy) is 1. The predicted molar refractivity (Wildman–Crippen MR) is 69.0 cm³/mol. The second kappa shape index (κ2) is 4.49. The van der Waals surface area contributed by atoms with Gasteiger partial charge >= 0.3 is 0 Å². The first-order valence-electron chi connectivity index (χ1n) is 7.30. The molecule has 0 aromatic heterocycles. The van der Waals surface area contributed by atoms with Gasteiger partial charge in [-0.1, -0.05) is 13.8 Å². The monoisotopic (exact) mass is 252 g/mol. The minimum absolute atomic E-state index is 0.184. The average Bonchev–Trinajstić information content (AvgIpc) is 3.05. The number of hydrogen-bond acceptors (Lipinski definition) is 3. The maximum Gasteiger partial charge on any atom is 0.244 e. The Bertz CT molecular complexity index is 333. The quantitative estimate of drug-likeness (QED) is 0.827. The summed E-state index contributed by atoms with van der Waals surface area (Å²) < 4.78 is 5.56. The molecule has 1 saturated carbocycles. The Morgan fingerprint density at radius 3 is 2.83 bits per heavy atom. The van der Waals surface area contributed by atoms with Gasteiger partial charge in [0.05, 0.1) is 24.4 Å². The van der Waals surface area contributed by atoms with Crippen molar-refractivity contribution in [2.24, 2.45) is 5.92 Å². The van der Waals surface area contributed by atoms with E-state index < -0.39 is 0 Å². The molecular formula is C14H24N2O2. The number of carbonyl (C=O) groups excluding carboxylic acids is 1. The Morgan fingerprint density at radius 1 is 1.50 bits per heavy atom. The van der Waals surface area contributed by atoms with Gasteiger partial charge in [0, 0.05) is 6.61 Å². The van der Waals surface area contributed by atoms with Gasteiger partial charge in [-0.3, -0.25) is 10.1 Å². The van der Waals surface area contributed by atoms with Crippen molar-refractivity contribution in [3.8, 4) is 0 Å². The maximum absolute atomic E-state index is 12.6. The lowest BCUT2D eigenvalue weighted by atomic mass is 10.0. The molecule has 0 radical (unpaired) electrons. The van der Waals surface area contributed by atoms with Crippen molar-refractivity contribution in [3.05, 3.63) is 0 Å². The molecule has 18 heavy (non-hydrogen) atoms. The Hall–Kier alpha value is -0.610. The lowest BCUT2D eigenvalue weighted by Crippen LogP contribution is -2.48. The minimum atomic E-state index is -0.184. The second-order valence-corrected chi connectivity index (χ2v) is 6.46. The van der Waals surface area contributed by atoms with Crippen LogP contribution in [0.2, 0.25) is 0 Å². The molecule has 2 aliphatic heterocycles. The van der Waals surface area contributed by atoms with Gasteiger partial charge in [0.2, 0.25) is 5.91 Å². The molecule has 1 N–H and O–H groups in total. The summed E-state index contributed by atoms with van der Waals surface area (Å²) in [5, 5.41) is 3.59. The van der Waals surface area contributed by atoms with Crippen LogP contribution in [-0.2, 0) is 9.53 Å². The van der Waals surface area contributed by atoms with Crippen molar-refractivity contribution >= 4 is 5.91 Å². The third-order valence-corrected chi connectivity index (χ3v) is 4.40. The number of nitrogens with one attached hydrogen (secondary N) is 1. The molecule has 1 aliphatic carbocycles. The molecular weight excluding hydrogens is 228 g/mol. The summed E-state index contributed by atoms with van der Waals surface area (Å²) in [7, 11) is 0. The van der Waals surface area contributed by atoms with Gasteiger partial charge < -0.3 is 9.64 Å². The smallest absolute Gasteiger partial charge is 0.244 e. The van der Waals surface area contributed by atoms with E-state index in [1.54, 1.807) is 0 Å². The van der Waals surface area contributed by atoms with E-state index >= 15 is 0 Å². The molecule has 4 nitrogen and oxygen atoms in total. The summed E-state index contributed by atoms with van der Waals surface area (Å²) in [6.45, 7) is 6.02. The van der Waals surface area contributed by atoms with E-state index in [1.165, 1.54) is 0 Å². The van der Waals surface area contributed by atoms with Crippen LogP contribution < -0.4 is 5.32 Å². The van der Waals surface area contributed by atoms with Crippen LogP contribution in [0.1, 0.15) is 46.0 Å². The normalized spacial score (nSPS) is 34.6. The topological polar surface area (TPSA) is 41.6 Å². The largest absolute Gasteiger partial charge is 0.379 e. The van der Waals surface area contributed by atoms with Crippen molar-refractivity contribution in [1.29, 1.82) is 0 Å². The highest BCUT2D eigenvalue weighted by atomic mass is 16.5. The molecule has 2 saturated heterocycles. The van der Waals surface area contributed by atoms with Gasteiger partial charge in [-0.15, -0.1) is 0 Å². The van der Waals surface area contributed by atoms with Gasteiger partial charge in [-0.2, -0.15) is 0 Å². The lowest BCUT2D eigenvalue weighted by molar-refractivity contribution is -0.136. The molecule has 3 fully saturated rings. The number of rotatable bonds is 3. The summed E-state index contributed by atoms with van der Waals surface area (Å²) in [4.78, 5) is 14.7. The van der Waals surface area contributed by atoms with Crippen LogP contribution in [0.3, 0.4) is 0 Å². The first kappa shape index (κ1) is 12.4. The molecule has 3 aliphatic rings. The predicted octanol–water partition coefficient (Wildman–Crippen LogP) is 1.50. The van der Waals surface area contributed by atoms with Gasteiger partial charge in [-0.05, 0) is 38.0 Å². The molecule has 4 heteroatoms. The molecule has 102 valence electrons. The SMILES string of the molecule is CC(C)CC1NC2(CC2)C(=O)N1C1CCCOC1. The van der Waals surface area contributed by atoms with Crippen molar-refractivity contribution in [2.45, 2.75) is 63.7 Å². The molecule has 2 unspecified atom stereocenters. The summed E-state index contributed by atoms with van der Waals surface area (Å²) in [6.07, 6.45) is 5.49. The number of amides is 1. The zero-order valence-corrected chi connectivity index (χ0v) is 11.4. The van der Waals surface area contributed by atoms with E-state index in [4.69, 9.17) is 4.74 Å². The molecule has 1 spiro atoms. The van der Waals surface area contributed by atoms with E-state index in [0.29, 0.717) is 17.9 Å². The fourth-order valence-electron chi connectivity index (χ4n) is 3.30. The third kappa shape index (κ3) is 2.05. The second-order valence-electron chi connectivity index (χ2n) is 6.46. The fraction of sp³-hybridized carbons (Fsp3) is 0.929. The highest BCUT2D eigenvalue weighted by molar-refractivity contribution is 5.92. The summed E-state index contributed by atoms with van der Waals surface area (Å²) in [6, 6.07) is 0.294. The molecule has 1 amide bonds. The van der Waals surface area contributed by atoms with Crippen molar-refractivity contribution in [1.82, 2.24) is 10.2 Å². The van der Waals surface area contributed by atoms with Crippen LogP contribution in [0.5, 0.6) is 0 Å². The van der Waals surface area contributed by atoms with Crippen molar-refractivity contribution < 1.29 is 9.53 Å². The van der Waals surface area contributed by atoms with E-state index in [-0.39, 0.29) is 11.7 Å². The summed E-state index contributed by atoms with van der Waals surface area (Å²) in [5.74, 6) is 0.944. The third-order valence-electron chi connectivity index (χ3n) is 4.40. The minimum Gasteiger partial charge on any atom is -0.379 e. The lowest BCUT2D eigenvalue weighted by Gasteiger charge is -2.35. The molecule has 0 bridgehead atoms.